The van der Waals surface area contributed by atoms with Crippen molar-refractivity contribution in [3.8, 4) is 0 Å². The number of nitrogens with zero attached hydrogens (tertiary/aromatic N) is 3. The van der Waals surface area contributed by atoms with Crippen LogP contribution < -0.4 is 16.0 Å². The standard InChI is InChI=1S/C33H38N6O5/c1-21-18-24-19-26(13-14-28(24)44-21)35-33(37-31(42)23-9-7-22(8-10-23)30(41)34-25-11-12-25)36-27-6-2-3-17-39(32(27)43)20-29(40)38-15-4-5-16-38/h7-10,13-14,18-19,25,27H,2-6,11-12,15-17,20H2,1H3,(H,34,41)(H2,35,36,37,42). The lowest BCUT2D eigenvalue weighted by Gasteiger charge is -2.25. The van der Waals surface area contributed by atoms with Crippen molar-refractivity contribution < 1.29 is 23.6 Å². The van der Waals surface area contributed by atoms with E-state index >= 15 is 0 Å². The number of carbonyl (C=O) groups excluding carboxylic acids is 4. The van der Waals surface area contributed by atoms with Gasteiger partial charge in [0, 0.05) is 47.9 Å². The molecule has 1 aliphatic carbocycles. The Balaban J connectivity index is 1.22. The van der Waals surface area contributed by atoms with Crippen molar-refractivity contribution in [1.29, 1.82) is 0 Å². The number of anilines is 1. The van der Waals surface area contributed by atoms with Crippen LogP contribution in [-0.2, 0) is 9.59 Å². The summed E-state index contributed by atoms with van der Waals surface area (Å²) in [5.41, 5.74) is 2.22. The molecule has 44 heavy (non-hydrogen) atoms. The van der Waals surface area contributed by atoms with Crippen molar-refractivity contribution in [2.24, 2.45) is 4.99 Å². The third-order valence-electron chi connectivity index (χ3n) is 8.28. The van der Waals surface area contributed by atoms with Gasteiger partial charge in [0.2, 0.25) is 17.8 Å². The van der Waals surface area contributed by atoms with Crippen LogP contribution in [-0.4, -0.2) is 77.7 Å². The molecule has 3 aromatic rings. The molecule has 3 aliphatic rings. The van der Waals surface area contributed by atoms with Gasteiger partial charge in [-0.2, -0.15) is 0 Å². The molecule has 3 fully saturated rings. The van der Waals surface area contributed by atoms with Crippen molar-refractivity contribution in [3.05, 3.63) is 65.4 Å². The number of aryl methyl sites for hydroxylation is 1. The van der Waals surface area contributed by atoms with Gasteiger partial charge in [0.25, 0.3) is 11.8 Å². The number of hydrogen-bond acceptors (Lipinski definition) is 6. The second-order valence-corrected chi connectivity index (χ2v) is 11.9. The predicted molar refractivity (Wildman–Crippen MR) is 166 cm³/mol. The summed E-state index contributed by atoms with van der Waals surface area (Å²) in [5.74, 6) is 0.0405. The van der Waals surface area contributed by atoms with Crippen LogP contribution >= 0.6 is 0 Å². The Morgan fingerprint density at radius 2 is 1.59 bits per heavy atom. The number of amides is 4. The van der Waals surface area contributed by atoms with Gasteiger partial charge in [0.15, 0.2) is 0 Å². The molecule has 1 aromatic heterocycles. The first kappa shape index (κ1) is 29.4. The summed E-state index contributed by atoms with van der Waals surface area (Å²) in [7, 11) is 0. The van der Waals surface area contributed by atoms with Gasteiger partial charge in [-0.25, -0.2) is 4.99 Å². The van der Waals surface area contributed by atoms with Gasteiger partial charge in [-0.1, -0.05) is 0 Å². The van der Waals surface area contributed by atoms with E-state index in [1.54, 1.807) is 29.2 Å². The Bertz CT molecular complexity index is 1590. The summed E-state index contributed by atoms with van der Waals surface area (Å²) < 4.78 is 5.69. The van der Waals surface area contributed by atoms with E-state index in [-0.39, 0.29) is 36.3 Å². The van der Waals surface area contributed by atoms with E-state index in [0.717, 1.165) is 68.3 Å². The van der Waals surface area contributed by atoms with Gasteiger partial charge in [0.1, 0.15) is 17.4 Å². The highest BCUT2D eigenvalue weighted by atomic mass is 16.3. The SMILES string of the molecule is Cc1cc2cc(NC(=NC3CCCCN(CC(=O)N4CCCC4)C3=O)NC(=O)c3ccc(C(=O)NC4CC4)cc3)ccc2o1. The molecule has 2 aromatic carbocycles. The fourth-order valence-electron chi connectivity index (χ4n) is 5.68. The number of benzene rings is 2. The van der Waals surface area contributed by atoms with E-state index < -0.39 is 11.9 Å². The first-order valence-corrected chi connectivity index (χ1v) is 15.5. The van der Waals surface area contributed by atoms with E-state index in [0.29, 0.717) is 29.8 Å². The van der Waals surface area contributed by atoms with Crippen molar-refractivity contribution in [3.63, 3.8) is 0 Å². The average molecular weight is 599 g/mol. The van der Waals surface area contributed by atoms with Crippen molar-refractivity contribution >= 4 is 46.2 Å². The Morgan fingerprint density at radius 1 is 0.886 bits per heavy atom. The van der Waals surface area contributed by atoms with Gasteiger partial charge < -0.3 is 24.9 Å². The minimum absolute atomic E-state index is 0.0369. The van der Waals surface area contributed by atoms with Crippen LogP contribution in [0.1, 0.15) is 71.4 Å². The minimum atomic E-state index is -0.764. The van der Waals surface area contributed by atoms with Gasteiger partial charge in [-0.3, -0.25) is 24.5 Å². The van der Waals surface area contributed by atoms with Crippen LogP contribution in [0.25, 0.3) is 11.0 Å². The van der Waals surface area contributed by atoms with E-state index in [1.807, 2.05) is 36.1 Å². The molecule has 1 unspecified atom stereocenters. The number of nitrogens with one attached hydrogen (secondary N) is 3. The van der Waals surface area contributed by atoms with Crippen LogP contribution in [0.4, 0.5) is 5.69 Å². The summed E-state index contributed by atoms with van der Waals surface area (Å²) in [5, 5.41) is 9.87. The summed E-state index contributed by atoms with van der Waals surface area (Å²) in [4.78, 5) is 60.5. The molecule has 3 N–H and O–H groups in total. The van der Waals surface area contributed by atoms with E-state index in [4.69, 9.17) is 9.41 Å². The molecule has 0 radical (unpaired) electrons. The van der Waals surface area contributed by atoms with Gasteiger partial charge in [0.05, 0.1) is 6.54 Å². The first-order valence-electron chi connectivity index (χ1n) is 15.5. The third-order valence-corrected chi connectivity index (χ3v) is 8.28. The maximum atomic E-state index is 13.7. The molecule has 0 spiro atoms. The number of rotatable bonds is 7. The number of likely N-dealkylation sites (tertiary alicyclic amines) is 2. The molecule has 11 nitrogen and oxygen atoms in total. The molecule has 0 bridgehead atoms. The number of hydrogen-bond donors (Lipinski definition) is 3. The molecule has 3 heterocycles. The lowest BCUT2D eigenvalue weighted by atomic mass is 10.1. The highest BCUT2D eigenvalue weighted by Gasteiger charge is 2.31. The molecular weight excluding hydrogens is 560 g/mol. The van der Waals surface area contributed by atoms with Crippen LogP contribution in [0.15, 0.2) is 57.9 Å². The topological polar surface area (TPSA) is 136 Å². The highest BCUT2D eigenvalue weighted by Crippen LogP contribution is 2.23. The molecule has 1 atom stereocenters. The zero-order valence-corrected chi connectivity index (χ0v) is 24.9. The zero-order chi connectivity index (χ0) is 30.6. The lowest BCUT2D eigenvalue weighted by Crippen LogP contribution is -2.45. The number of carbonyl (C=O) groups is 4. The largest absolute Gasteiger partial charge is 0.461 e. The Hall–Kier alpha value is -4.67. The summed E-state index contributed by atoms with van der Waals surface area (Å²) in [6.45, 7) is 3.87. The van der Waals surface area contributed by atoms with E-state index in [2.05, 4.69) is 16.0 Å². The van der Waals surface area contributed by atoms with Crippen LogP contribution in [0, 0.1) is 6.92 Å². The lowest BCUT2D eigenvalue weighted by molar-refractivity contribution is -0.140. The smallest absolute Gasteiger partial charge is 0.257 e. The molecular formula is C33H38N6O5. The quantitative estimate of drug-likeness (QED) is 0.279. The highest BCUT2D eigenvalue weighted by molar-refractivity contribution is 6.11. The van der Waals surface area contributed by atoms with Crippen LogP contribution in [0.5, 0.6) is 0 Å². The van der Waals surface area contributed by atoms with Crippen molar-refractivity contribution in [1.82, 2.24) is 20.4 Å². The first-order chi connectivity index (χ1) is 21.3. The molecule has 2 saturated heterocycles. The zero-order valence-electron chi connectivity index (χ0n) is 24.9. The van der Waals surface area contributed by atoms with Gasteiger partial charge >= 0.3 is 0 Å². The monoisotopic (exact) mass is 598 g/mol. The minimum Gasteiger partial charge on any atom is -0.461 e. The Morgan fingerprint density at radius 3 is 2.32 bits per heavy atom. The van der Waals surface area contributed by atoms with E-state index in [1.165, 1.54) is 0 Å². The second-order valence-electron chi connectivity index (χ2n) is 11.9. The molecule has 2 aliphatic heterocycles. The number of guanidine groups is 1. The molecule has 1 saturated carbocycles. The molecule has 4 amide bonds. The third kappa shape index (κ3) is 7.10. The number of furan rings is 1. The second kappa shape index (κ2) is 12.9. The predicted octanol–water partition coefficient (Wildman–Crippen LogP) is 3.83. The van der Waals surface area contributed by atoms with Gasteiger partial charge in [-0.15, -0.1) is 0 Å². The molecule has 230 valence electrons. The van der Waals surface area contributed by atoms with Crippen LogP contribution in [0.3, 0.4) is 0 Å². The Kier molecular flexibility index (Phi) is 8.63. The fraction of sp³-hybridized carbons (Fsp3) is 0.424. The maximum Gasteiger partial charge on any atom is 0.257 e. The summed E-state index contributed by atoms with van der Waals surface area (Å²) in [6, 6.07) is 13.4. The maximum absolute atomic E-state index is 13.7. The Labute approximate surface area is 256 Å². The number of aliphatic imine (C=N–C) groups is 1. The van der Waals surface area contributed by atoms with Crippen molar-refractivity contribution in [2.75, 3.05) is 31.5 Å². The average Bonchev–Trinajstić information content (AvgIpc) is 3.54. The fourth-order valence-corrected chi connectivity index (χ4v) is 5.68. The summed E-state index contributed by atoms with van der Waals surface area (Å²) >= 11 is 0. The number of fused-ring (bicyclic) bond motifs is 1. The molecule has 6 rings (SSSR count). The normalized spacial score (nSPS) is 19.2. The van der Waals surface area contributed by atoms with Gasteiger partial charge in [-0.05, 0) is 100 Å². The summed E-state index contributed by atoms with van der Waals surface area (Å²) in [6.07, 6.45) is 6.00. The van der Waals surface area contributed by atoms with Crippen LogP contribution in [0.2, 0.25) is 0 Å². The van der Waals surface area contributed by atoms with Crippen molar-refractivity contribution in [2.45, 2.75) is 64.0 Å². The van der Waals surface area contributed by atoms with E-state index in [9.17, 15) is 19.2 Å². The molecule has 11 heteroatoms.